The van der Waals surface area contributed by atoms with Crippen LogP contribution in [0.3, 0.4) is 0 Å². The molecule has 0 aliphatic carbocycles. The van der Waals surface area contributed by atoms with Crippen LogP contribution in [0.5, 0.6) is 0 Å². The number of carbonyl (C=O) groups is 2. The number of aryl methyl sites for hydroxylation is 1. The van der Waals surface area contributed by atoms with Crippen LogP contribution in [0.1, 0.15) is 16.3 Å². The molecule has 0 saturated heterocycles. The second-order valence-electron chi connectivity index (χ2n) is 4.53. The molecule has 0 atom stereocenters. The van der Waals surface area contributed by atoms with Crippen molar-refractivity contribution in [2.24, 2.45) is 5.73 Å². The van der Waals surface area contributed by atoms with Crippen LogP contribution >= 0.6 is 11.3 Å². The Kier molecular flexibility index (Phi) is 5.26. The van der Waals surface area contributed by atoms with Gasteiger partial charge in [-0.3, -0.25) is 4.79 Å². The summed E-state index contributed by atoms with van der Waals surface area (Å²) in [6.07, 6.45) is 3.14. The molecular weight excluding hydrogens is 300 g/mol. The van der Waals surface area contributed by atoms with Gasteiger partial charge in [-0.15, -0.1) is 11.3 Å². The Balaban J connectivity index is 1.83. The van der Waals surface area contributed by atoms with E-state index >= 15 is 0 Å². The van der Waals surface area contributed by atoms with E-state index in [-0.39, 0.29) is 5.91 Å². The van der Waals surface area contributed by atoms with Gasteiger partial charge in [-0.1, -0.05) is 12.1 Å². The first-order valence-electron chi connectivity index (χ1n) is 6.56. The molecule has 0 radical (unpaired) electrons. The predicted octanol–water partition coefficient (Wildman–Crippen LogP) is 2.27. The number of benzene rings is 1. The fourth-order valence-electron chi connectivity index (χ4n) is 1.71. The number of primary amides is 1. The predicted molar refractivity (Wildman–Crippen MR) is 87.4 cm³/mol. The molecule has 2 aromatic rings. The number of aromatic nitrogens is 1. The number of carbonyl (C=O) groups excluding carboxylic acids is 2. The van der Waals surface area contributed by atoms with Gasteiger partial charge in [0.15, 0.2) is 0 Å². The maximum atomic E-state index is 11.7. The van der Waals surface area contributed by atoms with Crippen molar-refractivity contribution in [1.82, 2.24) is 10.3 Å². The van der Waals surface area contributed by atoms with Crippen molar-refractivity contribution in [3.63, 3.8) is 0 Å². The lowest BCUT2D eigenvalue weighted by molar-refractivity contribution is -0.116. The molecule has 1 aromatic heterocycles. The maximum absolute atomic E-state index is 11.7. The molecule has 0 unspecified atom stereocenters. The minimum atomic E-state index is -0.608. The summed E-state index contributed by atoms with van der Waals surface area (Å²) in [6.45, 7) is 2.31. The van der Waals surface area contributed by atoms with Gasteiger partial charge in [-0.25, -0.2) is 9.78 Å². The highest BCUT2D eigenvalue weighted by Gasteiger charge is 2.00. The Bertz CT molecular complexity index is 692. The lowest BCUT2D eigenvalue weighted by Gasteiger charge is -2.05. The van der Waals surface area contributed by atoms with Crippen LogP contribution in [0.15, 0.2) is 35.7 Å². The Labute approximate surface area is 132 Å². The zero-order chi connectivity index (χ0) is 15.9. The molecule has 114 valence electrons. The van der Waals surface area contributed by atoms with Gasteiger partial charge in [0.25, 0.3) is 0 Å². The molecule has 0 aliphatic rings. The van der Waals surface area contributed by atoms with E-state index < -0.39 is 6.03 Å². The van der Waals surface area contributed by atoms with E-state index in [0.29, 0.717) is 12.2 Å². The summed E-state index contributed by atoms with van der Waals surface area (Å²) in [4.78, 5) is 26.7. The zero-order valence-corrected chi connectivity index (χ0v) is 12.8. The van der Waals surface area contributed by atoms with E-state index in [1.54, 1.807) is 30.3 Å². The van der Waals surface area contributed by atoms with Crippen molar-refractivity contribution >= 4 is 35.0 Å². The first kappa shape index (κ1) is 15.7. The van der Waals surface area contributed by atoms with Gasteiger partial charge in [0.05, 0.1) is 10.7 Å². The van der Waals surface area contributed by atoms with Crippen LogP contribution < -0.4 is 16.4 Å². The average Bonchev–Trinajstić information content (AvgIpc) is 2.89. The number of amides is 3. The fraction of sp³-hybridized carbons (Fsp3) is 0.133. The normalized spacial score (nSPS) is 10.6. The second kappa shape index (κ2) is 7.37. The molecule has 1 aromatic carbocycles. The van der Waals surface area contributed by atoms with E-state index in [2.05, 4.69) is 15.6 Å². The highest BCUT2D eigenvalue weighted by atomic mass is 32.1. The summed E-state index contributed by atoms with van der Waals surface area (Å²) in [6, 6.07) is 6.45. The summed E-state index contributed by atoms with van der Waals surface area (Å²) in [5.74, 6) is -0.190. The van der Waals surface area contributed by atoms with E-state index in [9.17, 15) is 9.59 Å². The van der Waals surface area contributed by atoms with Gasteiger partial charge < -0.3 is 16.4 Å². The minimum Gasteiger partial charge on any atom is -0.351 e. The number of rotatable bonds is 5. The molecule has 0 saturated carbocycles. The molecule has 1 heterocycles. The van der Waals surface area contributed by atoms with Gasteiger partial charge in [0.2, 0.25) is 5.91 Å². The number of hydrogen-bond donors (Lipinski definition) is 3. The smallest absolute Gasteiger partial charge is 0.316 e. The quantitative estimate of drug-likeness (QED) is 0.738. The number of anilines is 1. The molecule has 0 spiro atoms. The van der Waals surface area contributed by atoms with Crippen LogP contribution in [0.2, 0.25) is 0 Å². The third-order valence-electron chi connectivity index (χ3n) is 2.73. The van der Waals surface area contributed by atoms with E-state index in [0.717, 1.165) is 16.3 Å². The Morgan fingerprint density at radius 1 is 1.32 bits per heavy atom. The maximum Gasteiger partial charge on any atom is 0.316 e. The zero-order valence-electron chi connectivity index (χ0n) is 12.0. The Morgan fingerprint density at radius 2 is 2.05 bits per heavy atom. The van der Waals surface area contributed by atoms with Gasteiger partial charge in [-0.2, -0.15) is 0 Å². The van der Waals surface area contributed by atoms with E-state index in [4.69, 9.17) is 5.73 Å². The SMILES string of the molecule is Cc1nc(/C=C/C(=O)NCc2ccc(NC(N)=O)cc2)cs1. The van der Waals surface area contributed by atoms with Crippen molar-refractivity contribution in [3.05, 3.63) is 52.0 Å². The number of thiazole rings is 1. The van der Waals surface area contributed by atoms with Crippen LogP contribution in [-0.2, 0) is 11.3 Å². The average molecular weight is 316 g/mol. The molecule has 7 heteroatoms. The molecule has 6 nitrogen and oxygen atoms in total. The third kappa shape index (κ3) is 5.02. The first-order valence-corrected chi connectivity index (χ1v) is 7.44. The van der Waals surface area contributed by atoms with Crippen LogP contribution in [-0.4, -0.2) is 16.9 Å². The Morgan fingerprint density at radius 3 is 2.64 bits per heavy atom. The molecule has 0 aliphatic heterocycles. The number of nitrogens with one attached hydrogen (secondary N) is 2. The van der Waals surface area contributed by atoms with Crippen molar-refractivity contribution < 1.29 is 9.59 Å². The Hall–Kier alpha value is -2.67. The fourth-order valence-corrected chi connectivity index (χ4v) is 2.29. The summed E-state index contributed by atoms with van der Waals surface area (Å²) in [5.41, 5.74) is 7.33. The summed E-state index contributed by atoms with van der Waals surface area (Å²) < 4.78 is 0. The van der Waals surface area contributed by atoms with Crippen molar-refractivity contribution in [3.8, 4) is 0 Å². The van der Waals surface area contributed by atoms with Crippen molar-refractivity contribution in [2.75, 3.05) is 5.32 Å². The summed E-state index contributed by atoms with van der Waals surface area (Å²) >= 11 is 1.54. The first-order chi connectivity index (χ1) is 10.5. The molecule has 4 N–H and O–H groups in total. The highest BCUT2D eigenvalue weighted by Crippen LogP contribution is 2.10. The number of nitrogens with zero attached hydrogens (tertiary/aromatic N) is 1. The summed E-state index contributed by atoms with van der Waals surface area (Å²) in [5, 5.41) is 8.10. The number of urea groups is 1. The van der Waals surface area contributed by atoms with E-state index in [1.807, 2.05) is 12.3 Å². The standard InChI is InChI=1S/C15H16N4O2S/c1-10-18-13(9-22-10)6-7-14(20)17-8-11-2-4-12(5-3-11)19-15(16)21/h2-7,9H,8H2,1H3,(H,17,20)(H3,16,19,21)/b7-6+. The van der Waals surface area contributed by atoms with Crippen LogP contribution in [0.4, 0.5) is 10.5 Å². The molecule has 3 amide bonds. The topological polar surface area (TPSA) is 97.1 Å². The molecule has 0 fully saturated rings. The molecular formula is C15H16N4O2S. The molecule has 0 bridgehead atoms. The van der Waals surface area contributed by atoms with Crippen molar-refractivity contribution in [1.29, 1.82) is 0 Å². The van der Waals surface area contributed by atoms with Crippen LogP contribution in [0.25, 0.3) is 6.08 Å². The van der Waals surface area contributed by atoms with Crippen molar-refractivity contribution in [2.45, 2.75) is 13.5 Å². The highest BCUT2D eigenvalue weighted by molar-refractivity contribution is 7.09. The molecule has 2 rings (SSSR count). The third-order valence-corrected chi connectivity index (χ3v) is 3.52. The largest absolute Gasteiger partial charge is 0.351 e. The second-order valence-corrected chi connectivity index (χ2v) is 5.59. The van der Waals surface area contributed by atoms with Gasteiger partial charge in [-0.05, 0) is 30.7 Å². The van der Waals surface area contributed by atoms with Gasteiger partial charge in [0, 0.05) is 23.7 Å². The minimum absolute atomic E-state index is 0.190. The number of hydrogen-bond acceptors (Lipinski definition) is 4. The lowest BCUT2D eigenvalue weighted by atomic mass is 10.2. The van der Waals surface area contributed by atoms with E-state index in [1.165, 1.54) is 17.4 Å². The van der Waals surface area contributed by atoms with Crippen LogP contribution in [0, 0.1) is 6.92 Å². The molecule has 22 heavy (non-hydrogen) atoms. The summed E-state index contributed by atoms with van der Waals surface area (Å²) in [7, 11) is 0. The van der Waals surface area contributed by atoms with Gasteiger partial charge >= 0.3 is 6.03 Å². The number of nitrogens with two attached hydrogens (primary N) is 1. The monoisotopic (exact) mass is 316 g/mol. The lowest BCUT2D eigenvalue weighted by Crippen LogP contribution is -2.20. The van der Waals surface area contributed by atoms with Gasteiger partial charge in [0.1, 0.15) is 0 Å².